The highest BCUT2D eigenvalue weighted by Crippen LogP contribution is 2.37. The second-order valence-electron chi connectivity index (χ2n) is 9.09. The van der Waals surface area contributed by atoms with Gasteiger partial charge in [0.25, 0.3) is 0 Å². The topological polar surface area (TPSA) is 105 Å². The van der Waals surface area contributed by atoms with Gasteiger partial charge in [-0.3, -0.25) is 4.79 Å². The Morgan fingerprint density at radius 1 is 1.15 bits per heavy atom. The monoisotopic (exact) mass is 470 g/mol. The van der Waals surface area contributed by atoms with Gasteiger partial charge in [-0.1, -0.05) is 37.5 Å². The van der Waals surface area contributed by atoms with Gasteiger partial charge in [0, 0.05) is 0 Å². The quantitative estimate of drug-likeness (QED) is 0.528. The molecular weight excluding hydrogens is 435 g/mol. The molecular formula is C27H35FN2O4. The van der Waals surface area contributed by atoms with E-state index in [-0.39, 0.29) is 18.3 Å². The van der Waals surface area contributed by atoms with E-state index in [1.165, 1.54) is 18.6 Å². The fourth-order valence-electron chi connectivity index (χ4n) is 4.36. The van der Waals surface area contributed by atoms with Crippen LogP contribution in [0.25, 0.3) is 0 Å². The van der Waals surface area contributed by atoms with Gasteiger partial charge in [0.2, 0.25) is 0 Å². The third-order valence-electron chi connectivity index (χ3n) is 6.27. The van der Waals surface area contributed by atoms with Crippen molar-refractivity contribution in [3.63, 3.8) is 0 Å². The van der Waals surface area contributed by atoms with Gasteiger partial charge in [-0.05, 0) is 87.3 Å². The normalized spacial score (nSPS) is 15.7. The molecule has 0 spiro atoms. The Bertz CT molecular complexity index is 966. The van der Waals surface area contributed by atoms with Gasteiger partial charge in [0.05, 0.1) is 24.2 Å². The van der Waals surface area contributed by atoms with Gasteiger partial charge >= 0.3 is 5.97 Å². The second-order valence-corrected chi connectivity index (χ2v) is 9.09. The van der Waals surface area contributed by atoms with Gasteiger partial charge in [-0.15, -0.1) is 0 Å². The van der Waals surface area contributed by atoms with Crippen LogP contribution in [0.1, 0.15) is 67.2 Å². The first kappa shape index (κ1) is 27.5. The number of halogens is 1. The van der Waals surface area contributed by atoms with Gasteiger partial charge < -0.3 is 20.2 Å². The largest absolute Gasteiger partial charge is 0.481 e. The molecule has 3 N–H and O–H groups in total. The predicted molar refractivity (Wildman–Crippen MR) is 128 cm³/mol. The Kier molecular flexibility index (Phi) is 10.6. The number of aliphatic hydroxyl groups excluding tert-OH is 1. The van der Waals surface area contributed by atoms with Crippen molar-refractivity contribution in [2.45, 2.75) is 57.2 Å². The minimum Gasteiger partial charge on any atom is -0.481 e. The molecule has 34 heavy (non-hydrogen) atoms. The number of aliphatic carboxylic acids is 1. The number of aliphatic hydroxyl groups is 2. The molecule has 0 saturated heterocycles. The number of hydrogen-bond donors (Lipinski definition) is 3. The molecule has 1 saturated carbocycles. The van der Waals surface area contributed by atoms with Crippen molar-refractivity contribution >= 4 is 5.97 Å². The SMILES string of the molecule is CN(C)CCC[C@](O)(c1ccc(F)cc1)c1ccc(C#N)cc1CO.O=C(O)C1CCCCC1. The molecule has 0 amide bonds. The van der Waals surface area contributed by atoms with Crippen LogP contribution >= 0.6 is 0 Å². The molecule has 0 heterocycles. The molecule has 3 rings (SSSR count). The number of carboxylic acid groups (broad SMARTS) is 1. The molecule has 7 heteroatoms. The van der Waals surface area contributed by atoms with Crippen LogP contribution in [0.15, 0.2) is 42.5 Å². The van der Waals surface area contributed by atoms with E-state index >= 15 is 0 Å². The smallest absolute Gasteiger partial charge is 0.306 e. The molecule has 2 aromatic carbocycles. The number of benzene rings is 2. The van der Waals surface area contributed by atoms with Crippen LogP contribution in [-0.4, -0.2) is 46.8 Å². The summed E-state index contributed by atoms with van der Waals surface area (Å²) < 4.78 is 13.3. The summed E-state index contributed by atoms with van der Waals surface area (Å²) in [4.78, 5) is 12.4. The molecule has 1 aliphatic rings. The molecule has 184 valence electrons. The number of nitriles is 1. The summed E-state index contributed by atoms with van der Waals surface area (Å²) in [6.07, 6.45) is 6.36. The van der Waals surface area contributed by atoms with Crippen LogP contribution in [0.5, 0.6) is 0 Å². The maximum atomic E-state index is 13.3. The Morgan fingerprint density at radius 2 is 1.79 bits per heavy atom. The summed E-state index contributed by atoms with van der Waals surface area (Å²) in [6, 6.07) is 12.7. The van der Waals surface area contributed by atoms with Crippen LogP contribution in [0.3, 0.4) is 0 Å². The summed E-state index contributed by atoms with van der Waals surface area (Å²) in [5, 5.41) is 38.8. The predicted octanol–water partition coefficient (Wildman–Crippen LogP) is 4.42. The lowest BCUT2D eigenvalue weighted by Crippen LogP contribution is -2.30. The highest BCUT2D eigenvalue weighted by atomic mass is 19.1. The fourth-order valence-corrected chi connectivity index (χ4v) is 4.36. The maximum absolute atomic E-state index is 13.3. The summed E-state index contributed by atoms with van der Waals surface area (Å²) in [5.74, 6) is -1.00. The summed E-state index contributed by atoms with van der Waals surface area (Å²) in [7, 11) is 3.91. The van der Waals surface area contributed by atoms with Gasteiger partial charge in [-0.25, -0.2) is 4.39 Å². The van der Waals surface area contributed by atoms with E-state index in [9.17, 15) is 19.4 Å². The molecule has 6 nitrogen and oxygen atoms in total. The standard InChI is InChI=1S/C20H23FN2O2.C7H12O2/c1-23(2)11-3-10-20(25,17-5-7-18(21)8-6-17)19-9-4-15(13-22)12-16(19)14-24;8-7(9)6-4-2-1-3-5-6/h4-9,12,24-25H,3,10-11,14H2,1-2H3;6H,1-5H2,(H,8,9)/t20-;/m0./s1. The molecule has 0 bridgehead atoms. The summed E-state index contributed by atoms with van der Waals surface area (Å²) >= 11 is 0. The molecule has 2 aromatic rings. The first-order valence-corrected chi connectivity index (χ1v) is 11.7. The number of rotatable bonds is 8. The lowest BCUT2D eigenvalue weighted by atomic mass is 9.80. The Morgan fingerprint density at radius 3 is 2.29 bits per heavy atom. The zero-order valence-electron chi connectivity index (χ0n) is 20.0. The van der Waals surface area contributed by atoms with E-state index < -0.39 is 11.6 Å². The molecule has 0 aliphatic heterocycles. The first-order chi connectivity index (χ1) is 16.2. The van der Waals surface area contributed by atoms with Crippen LogP contribution < -0.4 is 0 Å². The lowest BCUT2D eigenvalue weighted by Gasteiger charge is -2.32. The van der Waals surface area contributed by atoms with E-state index in [1.807, 2.05) is 25.1 Å². The number of hydrogen-bond acceptors (Lipinski definition) is 5. The third kappa shape index (κ3) is 7.63. The van der Waals surface area contributed by atoms with Crippen molar-refractivity contribution in [3.8, 4) is 6.07 Å². The van der Waals surface area contributed by atoms with Gasteiger partial charge in [0.1, 0.15) is 11.4 Å². The number of nitrogens with zero attached hydrogens (tertiary/aromatic N) is 2. The molecule has 1 fully saturated rings. The lowest BCUT2D eigenvalue weighted by molar-refractivity contribution is -0.142. The van der Waals surface area contributed by atoms with Crippen molar-refractivity contribution in [1.29, 1.82) is 5.26 Å². The number of carboxylic acids is 1. The Hall–Kier alpha value is -2.79. The van der Waals surface area contributed by atoms with Gasteiger partial charge in [0.15, 0.2) is 0 Å². The summed E-state index contributed by atoms with van der Waals surface area (Å²) in [6.45, 7) is 0.496. The van der Waals surface area contributed by atoms with Gasteiger partial charge in [-0.2, -0.15) is 5.26 Å². The number of carbonyl (C=O) groups is 1. The Labute approximate surface area is 201 Å². The summed E-state index contributed by atoms with van der Waals surface area (Å²) in [5.41, 5.74) is 0.653. The van der Waals surface area contributed by atoms with Crippen LogP contribution in [0.4, 0.5) is 4.39 Å². The zero-order valence-corrected chi connectivity index (χ0v) is 20.0. The molecule has 0 aromatic heterocycles. The minimum absolute atomic E-state index is 0.0289. The Balaban J connectivity index is 0.000000379. The molecule has 1 atom stereocenters. The highest BCUT2D eigenvalue weighted by Gasteiger charge is 2.33. The first-order valence-electron chi connectivity index (χ1n) is 11.7. The van der Waals surface area contributed by atoms with E-state index in [0.29, 0.717) is 35.1 Å². The van der Waals surface area contributed by atoms with Crippen molar-refractivity contribution < 1.29 is 24.5 Å². The average Bonchev–Trinajstić information content (AvgIpc) is 2.84. The maximum Gasteiger partial charge on any atom is 0.306 e. The van der Waals surface area contributed by atoms with Crippen LogP contribution in [0.2, 0.25) is 0 Å². The minimum atomic E-state index is -1.37. The zero-order chi connectivity index (χ0) is 25.1. The van der Waals surface area contributed by atoms with Crippen LogP contribution in [-0.2, 0) is 17.0 Å². The van der Waals surface area contributed by atoms with Crippen molar-refractivity contribution in [1.82, 2.24) is 4.90 Å². The average molecular weight is 471 g/mol. The van der Waals surface area contributed by atoms with Crippen LogP contribution in [0, 0.1) is 23.1 Å². The second kappa shape index (κ2) is 13.2. The highest BCUT2D eigenvalue weighted by molar-refractivity contribution is 5.69. The van der Waals surface area contributed by atoms with E-state index in [2.05, 4.69) is 0 Å². The van der Waals surface area contributed by atoms with Crippen molar-refractivity contribution in [2.24, 2.45) is 5.92 Å². The molecule has 1 aliphatic carbocycles. The van der Waals surface area contributed by atoms with E-state index in [0.717, 1.165) is 32.2 Å². The molecule has 0 unspecified atom stereocenters. The molecule has 0 radical (unpaired) electrons. The fraction of sp³-hybridized carbons (Fsp3) is 0.481. The third-order valence-corrected chi connectivity index (χ3v) is 6.27. The van der Waals surface area contributed by atoms with E-state index in [1.54, 1.807) is 30.3 Å². The van der Waals surface area contributed by atoms with E-state index in [4.69, 9.17) is 10.4 Å². The van der Waals surface area contributed by atoms with Crippen molar-refractivity contribution in [3.05, 3.63) is 70.5 Å². The van der Waals surface area contributed by atoms with Crippen molar-refractivity contribution in [2.75, 3.05) is 20.6 Å².